The number of carbonyl (C=O) groups is 3. The number of cyclic esters (lactones) is 1. The predicted molar refractivity (Wildman–Crippen MR) is 145 cm³/mol. The Hall–Kier alpha value is -1.67. The van der Waals surface area contributed by atoms with Crippen LogP contribution in [0.15, 0.2) is 36.0 Å². The van der Waals surface area contributed by atoms with Gasteiger partial charge in [-0.3, -0.25) is 9.59 Å². The predicted octanol–water partition coefficient (Wildman–Crippen LogP) is 5.54. The van der Waals surface area contributed by atoms with Gasteiger partial charge in [-0.25, -0.2) is 4.79 Å². The number of carbonyl (C=O) groups excluding carboxylic acids is 3. The van der Waals surface area contributed by atoms with Crippen LogP contribution < -0.4 is 5.32 Å². The van der Waals surface area contributed by atoms with Gasteiger partial charge in [-0.1, -0.05) is 59.2 Å². The zero-order valence-electron chi connectivity index (χ0n) is 21.5. The van der Waals surface area contributed by atoms with E-state index in [2.05, 4.69) is 24.9 Å². The molecular weight excluding hydrogens is 494 g/mol. The largest absolute Gasteiger partial charge is 0.460 e. The van der Waals surface area contributed by atoms with Gasteiger partial charge in [0, 0.05) is 23.3 Å². The molecule has 36 heavy (non-hydrogen) atoms. The smallest absolute Gasteiger partial charge is 0.338 e. The standard InChI is InChI=1S/C28H39NO5S2/c1-19-8-11-23-27(2,22(19)10-9-20-13-16-33-26(20)32)15-12-24(28(23,3)29-18-30)34-25(31)7-5-4-6-21-14-17-35-36-21/h9-10,13,18,21-24H,1,4-8,11-12,14-17H2,2-3H3,(H,29,30)/b10-9+/t21-,22-,23+,24-,27+,28+/m1/s1. The van der Waals surface area contributed by atoms with Crippen LogP contribution in [-0.2, 0) is 23.9 Å². The fraction of sp³-hybridized carbons (Fsp3) is 0.679. The number of amides is 1. The van der Waals surface area contributed by atoms with E-state index in [0.29, 0.717) is 25.0 Å². The molecule has 2 aliphatic heterocycles. The van der Waals surface area contributed by atoms with Gasteiger partial charge in [-0.2, -0.15) is 0 Å². The summed E-state index contributed by atoms with van der Waals surface area (Å²) in [6.45, 7) is 8.96. The number of hydrogen-bond donors (Lipinski definition) is 1. The van der Waals surface area contributed by atoms with Crippen molar-refractivity contribution in [3.8, 4) is 0 Å². The molecule has 6 atom stereocenters. The van der Waals surface area contributed by atoms with Crippen LogP contribution in [0.25, 0.3) is 0 Å². The second kappa shape index (κ2) is 11.8. The van der Waals surface area contributed by atoms with Crippen molar-refractivity contribution in [3.63, 3.8) is 0 Å². The van der Waals surface area contributed by atoms with Crippen LogP contribution in [0.3, 0.4) is 0 Å². The highest BCUT2D eigenvalue weighted by Crippen LogP contribution is 2.59. The number of esters is 2. The second-order valence-corrected chi connectivity index (χ2v) is 13.8. The maximum absolute atomic E-state index is 12.8. The molecule has 1 amide bonds. The quantitative estimate of drug-likeness (QED) is 0.130. The molecule has 6 nitrogen and oxygen atoms in total. The Morgan fingerprint density at radius 1 is 1.31 bits per heavy atom. The third kappa shape index (κ3) is 5.74. The Labute approximate surface area is 222 Å². The lowest BCUT2D eigenvalue weighted by Gasteiger charge is -2.59. The molecule has 4 aliphatic rings. The molecule has 2 saturated carbocycles. The topological polar surface area (TPSA) is 81.7 Å². The van der Waals surface area contributed by atoms with Gasteiger partial charge in [0.05, 0.1) is 11.1 Å². The Kier molecular flexibility index (Phi) is 8.97. The van der Waals surface area contributed by atoms with E-state index in [9.17, 15) is 14.4 Å². The zero-order chi connectivity index (χ0) is 25.8. The molecule has 0 aromatic heterocycles. The van der Waals surface area contributed by atoms with Crippen LogP contribution in [0.1, 0.15) is 71.6 Å². The lowest BCUT2D eigenvalue weighted by atomic mass is 9.48. The molecule has 0 radical (unpaired) electrons. The third-order valence-corrected chi connectivity index (χ3v) is 11.8. The lowest BCUT2D eigenvalue weighted by Crippen LogP contribution is -2.66. The molecule has 2 aliphatic carbocycles. The highest BCUT2D eigenvalue weighted by molar-refractivity contribution is 8.77. The molecule has 1 saturated heterocycles. The fourth-order valence-corrected chi connectivity index (χ4v) is 9.80. The van der Waals surface area contributed by atoms with E-state index in [4.69, 9.17) is 9.47 Å². The van der Waals surface area contributed by atoms with E-state index < -0.39 is 5.54 Å². The van der Waals surface area contributed by atoms with Crippen LogP contribution in [0.5, 0.6) is 0 Å². The van der Waals surface area contributed by atoms with Gasteiger partial charge in [0.1, 0.15) is 12.7 Å². The van der Waals surface area contributed by atoms with Crippen molar-refractivity contribution in [3.05, 3.63) is 36.0 Å². The number of unbranched alkanes of at least 4 members (excludes halogenated alkanes) is 1. The van der Waals surface area contributed by atoms with Gasteiger partial charge < -0.3 is 14.8 Å². The van der Waals surface area contributed by atoms with Crippen molar-refractivity contribution in [1.82, 2.24) is 5.32 Å². The molecule has 8 heteroatoms. The Morgan fingerprint density at radius 2 is 2.14 bits per heavy atom. The van der Waals surface area contributed by atoms with Crippen molar-refractivity contribution in [2.45, 2.75) is 88.5 Å². The minimum absolute atomic E-state index is 0.0570. The summed E-state index contributed by atoms with van der Waals surface area (Å²) >= 11 is 0. The number of rotatable bonds is 10. The van der Waals surface area contributed by atoms with Gasteiger partial charge in [0.25, 0.3) is 0 Å². The highest BCUT2D eigenvalue weighted by atomic mass is 33.1. The van der Waals surface area contributed by atoms with E-state index in [1.807, 2.05) is 34.6 Å². The molecule has 3 fully saturated rings. The van der Waals surface area contributed by atoms with Gasteiger partial charge in [-0.15, -0.1) is 0 Å². The van der Waals surface area contributed by atoms with Crippen molar-refractivity contribution >= 4 is 39.9 Å². The van der Waals surface area contributed by atoms with Crippen molar-refractivity contribution < 1.29 is 23.9 Å². The minimum atomic E-state index is -0.666. The summed E-state index contributed by atoms with van der Waals surface area (Å²) < 4.78 is 11.1. The van der Waals surface area contributed by atoms with E-state index in [0.717, 1.165) is 55.8 Å². The van der Waals surface area contributed by atoms with Gasteiger partial charge in [0.15, 0.2) is 0 Å². The summed E-state index contributed by atoms with van der Waals surface area (Å²) in [6, 6.07) is 0. The number of nitrogens with one attached hydrogen (secondary N) is 1. The average Bonchev–Trinajstić information content (AvgIpc) is 3.50. The molecule has 4 rings (SSSR count). The van der Waals surface area contributed by atoms with E-state index >= 15 is 0 Å². The minimum Gasteiger partial charge on any atom is -0.460 e. The van der Waals surface area contributed by atoms with Crippen molar-refractivity contribution in [2.24, 2.45) is 17.3 Å². The molecule has 0 bridgehead atoms. The van der Waals surface area contributed by atoms with Gasteiger partial charge >= 0.3 is 11.9 Å². The molecule has 0 unspecified atom stereocenters. The van der Waals surface area contributed by atoms with Crippen LogP contribution in [0, 0.1) is 17.3 Å². The lowest BCUT2D eigenvalue weighted by molar-refractivity contribution is -0.168. The number of allylic oxidation sites excluding steroid dienone is 2. The third-order valence-electron chi connectivity index (χ3n) is 8.79. The Morgan fingerprint density at radius 3 is 2.83 bits per heavy atom. The Bertz CT molecular complexity index is 927. The first-order valence-corrected chi connectivity index (χ1v) is 15.6. The maximum atomic E-state index is 12.8. The molecule has 0 aromatic carbocycles. The summed E-state index contributed by atoms with van der Waals surface area (Å²) in [5.41, 5.74) is 0.870. The first-order valence-electron chi connectivity index (χ1n) is 13.2. The van der Waals surface area contributed by atoms with E-state index in [1.165, 1.54) is 12.2 Å². The van der Waals surface area contributed by atoms with Crippen LogP contribution in [0.4, 0.5) is 0 Å². The SMILES string of the molecule is C=C1CC[C@H]2[C@@](C)(CC[C@@H](OC(=O)CCCC[C@@H]3CCSS3)[C@@]2(C)NC=O)[C@@H]1/C=C/C1=CCOC1=O. The highest BCUT2D eigenvalue weighted by Gasteiger charge is 2.59. The van der Waals surface area contributed by atoms with Crippen molar-refractivity contribution in [2.75, 3.05) is 12.4 Å². The van der Waals surface area contributed by atoms with Crippen molar-refractivity contribution in [1.29, 1.82) is 0 Å². The summed E-state index contributed by atoms with van der Waals surface area (Å²) in [7, 11) is 3.93. The van der Waals surface area contributed by atoms with Crippen LogP contribution in [0.2, 0.25) is 0 Å². The first kappa shape index (κ1) is 27.4. The van der Waals surface area contributed by atoms with Gasteiger partial charge in [-0.05, 0) is 69.3 Å². The van der Waals surface area contributed by atoms with E-state index in [-0.39, 0.29) is 35.3 Å². The monoisotopic (exact) mass is 533 g/mol. The second-order valence-electron chi connectivity index (χ2n) is 11.0. The number of hydrogen-bond acceptors (Lipinski definition) is 7. The first-order chi connectivity index (χ1) is 17.3. The fourth-order valence-electron chi connectivity index (χ4n) is 6.77. The molecule has 2 heterocycles. The maximum Gasteiger partial charge on any atom is 0.338 e. The van der Waals surface area contributed by atoms with Crippen LogP contribution >= 0.6 is 21.6 Å². The van der Waals surface area contributed by atoms with Crippen LogP contribution in [-0.4, -0.2) is 47.6 Å². The van der Waals surface area contributed by atoms with Gasteiger partial charge in [0.2, 0.25) is 6.41 Å². The molecular formula is C28H39NO5S2. The summed E-state index contributed by atoms with van der Waals surface area (Å²) in [5.74, 6) is 0.929. The normalized spacial score (nSPS) is 36.3. The summed E-state index contributed by atoms with van der Waals surface area (Å²) in [4.78, 5) is 36.5. The molecule has 0 spiro atoms. The molecule has 0 aromatic rings. The Balaban J connectivity index is 1.43. The summed E-state index contributed by atoms with van der Waals surface area (Å²) in [6.07, 6.45) is 14.1. The molecule has 1 N–H and O–H groups in total. The summed E-state index contributed by atoms with van der Waals surface area (Å²) in [5, 5.41) is 3.81. The zero-order valence-corrected chi connectivity index (χ0v) is 23.1. The van der Waals surface area contributed by atoms with E-state index in [1.54, 1.807) is 6.08 Å². The number of ether oxygens (including phenoxy) is 2. The number of fused-ring (bicyclic) bond motifs is 1. The average molecular weight is 534 g/mol. The molecule has 198 valence electrons.